The fourth-order valence-corrected chi connectivity index (χ4v) is 1.81. The number of benzene rings is 1. The molecule has 0 saturated carbocycles. The molecule has 82 valence electrons. The van der Waals surface area contributed by atoms with Crippen LogP contribution in [0.3, 0.4) is 0 Å². The molecule has 0 unspecified atom stereocenters. The van der Waals surface area contributed by atoms with E-state index in [4.69, 9.17) is 5.11 Å². The molecule has 1 atom stereocenters. The maximum absolute atomic E-state index is 11.0. The van der Waals surface area contributed by atoms with Gasteiger partial charge in [-0.15, -0.1) is 0 Å². The van der Waals surface area contributed by atoms with Crippen LogP contribution in [0.15, 0.2) is 24.3 Å². The van der Waals surface area contributed by atoms with Crippen LogP contribution in [-0.2, 0) is 11.2 Å². The number of hydrogen-bond acceptors (Lipinski definition) is 1. The summed E-state index contributed by atoms with van der Waals surface area (Å²) < 4.78 is 0. The molecule has 0 aliphatic heterocycles. The number of carboxylic acid groups (broad SMARTS) is 1. The Balaban J connectivity index is 2.92. The average Bonchev–Trinajstić information content (AvgIpc) is 2.19. The minimum absolute atomic E-state index is 0.359. The first-order chi connectivity index (χ1) is 7.19. The summed E-state index contributed by atoms with van der Waals surface area (Å²) in [6.07, 6.45) is 2.75. The molecule has 0 heterocycles. The first kappa shape index (κ1) is 11.8. The predicted molar refractivity (Wildman–Crippen MR) is 61.1 cm³/mol. The minimum Gasteiger partial charge on any atom is -0.481 e. The molecule has 1 rings (SSSR count). The fourth-order valence-electron chi connectivity index (χ4n) is 1.81. The minimum atomic E-state index is -0.730. The molecule has 2 nitrogen and oxygen atoms in total. The molecule has 0 fully saturated rings. The van der Waals surface area contributed by atoms with E-state index in [0.29, 0.717) is 6.42 Å². The molecule has 0 aliphatic carbocycles. The van der Waals surface area contributed by atoms with E-state index in [1.807, 2.05) is 25.1 Å². The van der Waals surface area contributed by atoms with E-state index >= 15 is 0 Å². The Morgan fingerprint density at radius 2 is 2.13 bits per heavy atom. The SMILES string of the molecule is CCCc1cccc([C@@H](CC)C(=O)O)c1. The molecule has 1 N–H and O–H groups in total. The molecular formula is C13H18O2. The quantitative estimate of drug-likeness (QED) is 0.803. The van der Waals surface area contributed by atoms with Crippen molar-refractivity contribution in [3.8, 4) is 0 Å². The zero-order valence-electron chi connectivity index (χ0n) is 9.36. The van der Waals surface area contributed by atoms with Gasteiger partial charge in [-0.05, 0) is 24.0 Å². The summed E-state index contributed by atoms with van der Waals surface area (Å²) in [6.45, 7) is 4.03. The molecule has 0 radical (unpaired) electrons. The Morgan fingerprint density at radius 3 is 2.67 bits per heavy atom. The van der Waals surface area contributed by atoms with Gasteiger partial charge in [0.15, 0.2) is 0 Å². The summed E-state index contributed by atoms with van der Waals surface area (Å²) in [5.41, 5.74) is 2.16. The van der Waals surface area contributed by atoms with Gasteiger partial charge in [0.05, 0.1) is 5.92 Å². The Labute approximate surface area is 90.9 Å². The fraction of sp³-hybridized carbons (Fsp3) is 0.462. The van der Waals surface area contributed by atoms with E-state index in [9.17, 15) is 4.79 Å². The number of carbonyl (C=O) groups is 1. The van der Waals surface area contributed by atoms with Crippen LogP contribution >= 0.6 is 0 Å². The number of hydrogen-bond donors (Lipinski definition) is 1. The van der Waals surface area contributed by atoms with Crippen LogP contribution in [0.25, 0.3) is 0 Å². The standard InChI is InChI=1S/C13H18O2/c1-3-6-10-7-5-8-11(9-10)12(4-2)13(14)15/h5,7-9,12H,3-4,6H2,1-2H3,(H,14,15)/t12-/m1/s1. The third kappa shape index (κ3) is 3.08. The van der Waals surface area contributed by atoms with Crippen molar-refractivity contribution in [2.45, 2.75) is 39.0 Å². The van der Waals surface area contributed by atoms with Gasteiger partial charge in [-0.25, -0.2) is 0 Å². The van der Waals surface area contributed by atoms with Crippen LogP contribution in [0.1, 0.15) is 43.7 Å². The van der Waals surface area contributed by atoms with E-state index in [2.05, 4.69) is 13.0 Å². The lowest BCUT2D eigenvalue weighted by molar-refractivity contribution is -0.138. The monoisotopic (exact) mass is 206 g/mol. The second kappa shape index (κ2) is 5.54. The van der Waals surface area contributed by atoms with Crippen LogP contribution in [0.5, 0.6) is 0 Å². The zero-order chi connectivity index (χ0) is 11.3. The second-order valence-electron chi connectivity index (χ2n) is 3.79. The predicted octanol–water partition coefficient (Wildman–Crippen LogP) is 3.22. The van der Waals surface area contributed by atoms with Crippen LogP contribution in [0.2, 0.25) is 0 Å². The lowest BCUT2D eigenvalue weighted by Gasteiger charge is -2.11. The lowest BCUT2D eigenvalue weighted by Crippen LogP contribution is -2.10. The molecule has 0 spiro atoms. The number of rotatable bonds is 5. The zero-order valence-corrected chi connectivity index (χ0v) is 9.36. The highest BCUT2D eigenvalue weighted by molar-refractivity contribution is 5.76. The Morgan fingerprint density at radius 1 is 1.40 bits per heavy atom. The summed E-state index contributed by atoms with van der Waals surface area (Å²) >= 11 is 0. The molecule has 1 aromatic rings. The first-order valence-corrected chi connectivity index (χ1v) is 5.50. The van der Waals surface area contributed by atoms with Crippen LogP contribution in [0.4, 0.5) is 0 Å². The highest BCUT2D eigenvalue weighted by Crippen LogP contribution is 2.21. The molecule has 0 saturated heterocycles. The van der Waals surface area contributed by atoms with E-state index in [1.165, 1.54) is 5.56 Å². The largest absolute Gasteiger partial charge is 0.481 e. The van der Waals surface area contributed by atoms with E-state index < -0.39 is 5.97 Å². The molecule has 15 heavy (non-hydrogen) atoms. The van der Waals surface area contributed by atoms with Gasteiger partial charge in [0.2, 0.25) is 0 Å². The Hall–Kier alpha value is -1.31. The maximum Gasteiger partial charge on any atom is 0.310 e. The van der Waals surface area contributed by atoms with E-state index in [-0.39, 0.29) is 5.92 Å². The summed E-state index contributed by atoms with van der Waals surface area (Å²) in [5, 5.41) is 9.05. The van der Waals surface area contributed by atoms with Gasteiger partial charge in [0.25, 0.3) is 0 Å². The van der Waals surface area contributed by atoms with Gasteiger partial charge in [-0.3, -0.25) is 4.79 Å². The van der Waals surface area contributed by atoms with Crippen molar-refractivity contribution in [3.05, 3.63) is 35.4 Å². The molecule has 0 aromatic heterocycles. The summed E-state index contributed by atoms with van der Waals surface area (Å²) in [4.78, 5) is 11.0. The van der Waals surface area contributed by atoms with Crippen molar-refractivity contribution in [3.63, 3.8) is 0 Å². The Bertz CT molecular complexity index is 331. The van der Waals surface area contributed by atoms with Gasteiger partial charge in [-0.1, -0.05) is 44.5 Å². The second-order valence-corrected chi connectivity index (χ2v) is 3.79. The first-order valence-electron chi connectivity index (χ1n) is 5.50. The third-order valence-electron chi connectivity index (χ3n) is 2.60. The Kier molecular flexibility index (Phi) is 4.35. The van der Waals surface area contributed by atoms with Gasteiger partial charge in [0.1, 0.15) is 0 Å². The third-order valence-corrected chi connectivity index (χ3v) is 2.60. The van der Waals surface area contributed by atoms with Crippen molar-refractivity contribution >= 4 is 5.97 Å². The average molecular weight is 206 g/mol. The summed E-state index contributed by atoms with van der Waals surface area (Å²) in [6, 6.07) is 7.93. The summed E-state index contributed by atoms with van der Waals surface area (Å²) in [5.74, 6) is -1.09. The molecule has 0 bridgehead atoms. The topological polar surface area (TPSA) is 37.3 Å². The van der Waals surface area contributed by atoms with Crippen molar-refractivity contribution in [2.75, 3.05) is 0 Å². The van der Waals surface area contributed by atoms with Crippen molar-refractivity contribution in [2.24, 2.45) is 0 Å². The van der Waals surface area contributed by atoms with Crippen molar-refractivity contribution in [1.29, 1.82) is 0 Å². The number of carboxylic acids is 1. The molecular weight excluding hydrogens is 188 g/mol. The molecule has 1 aromatic carbocycles. The normalized spacial score (nSPS) is 12.4. The van der Waals surface area contributed by atoms with Gasteiger partial charge in [-0.2, -0.15) is 0 Å². The molecule has 2 heteroatoms. The van der Waals surface area contributed by atoms with Gasteiger partial charge >= 0.3 is 5.97 Å². The van der Waals surface area contributed by atoms with E-state index in [0.717, 1.165) is 18.4 Å². The number of aliphatic carboxylic acids is 1. The maximum atomic E-state index is 11.0. The van der Waals surface area contributed by atoms with Crippen LogP contribution < -0.4 is 0 Å². The highest BCUT2D eigenvalue weighted by atomic mass is 16.4. The van der Waals surface area contributed by atoms with Crippen LogP contribution in [0, 0.1) is 0 Å². The highest BCUT2D eigenvalue weighted by Gasteiger charge is 2.17. The van der Waals surface area contributed by atoms with Gasteiger partial charge in [0, 0.05) is 0 Å². The smallest absolute Gasteiger partial charge is 0.310 e. The van der Waals surface area contributed by atoms with E-state index in [1.54, 1.807) is 0 Å². The van der Waals surface area contributed by atoms with Crippen molar-refractivity contribution < 1.29 is 9.90 Å². The summed E-state index contributed by atoms with van der Waals surface area (Å²) in [7, 11) is 0. The van der Waals surface area contributed by atoms with Crippen LogP contribution in [-0.4, -0.2) is 11.1 Å². The lowest BCUT2D eigenvalue weighted by atomic mass is 9.94. The van der Waals surface area contributed by atoms with Gasteiger partial charge < -0.3 is 5.11 Å². The number of aryl methyl sites for hydroxylation is 1. The molecule has 0 aliphatic rings. The van der Waals surface area contributed by atoms with Crippen molar-refractivity contribution in [1.82, 2.24) is 0 Å². The molecule has 0 amide bonds.